The predicted molar refractivity (Wildman–Crippen MR) is 63.6 cm³/mol. The molecule has 2 heteroatoms. The van der Waals surface area contributed by atoms with Gasteiger partial charge in [-0.2, -0.15) is 0 Å². The summed E-state index contributed by atoms with van der Waals surface area (Å²) in [5.41, 5.74) is 8.51. The molecule has 15 heavy (non-hydrogen) atoms. The monoisotopic (exact) mass is 204 g/mol. The van der Waals surface area contributed by atoms with E-state index in [1.807, 2.05) is 6.92 Å². The van der Waals surface area contributed by atoms with E-state index in [-0.39, 0.29) is 6.04 Å². The minimum Gasteiger partial charge on any atom is -0.324 e. The van der Waals surface area contributed by atoms with Gasteiger partial charge in [0.1, 0.15) is 0 Å². The predicted octanol–water partition coefficient (Wildman–Crippen LogP) is 2.30. The maximum absolute atomic E-state index is 5.88. The van der Waals surface area contributed by atoms with Crippen molar-refractivity contribution in [2.24, 2.45) is 5.73 Å². The van der Waals surface area contributed by atoms with E-state index in [2.05, 4.69) is 29.2 Å². The second-order valence-electron chi connectivity index (χ2n) is 4.52. The number of nitrogens with zero attached hydrogens (tertiary/aromatic N) is 1. The Morgan fingerprint density at radius 2 is 2.07 bits per heavy atom. The Labute approximate surface area is 92.1 Å². The van der Waals surface area contributed by atoms with Crippen molar-refractivity contribution < 1.29 is 0 Å². The van der Waals surface area contributed by atoms with Gasteiger partial charge in [0.15, 0.2) is 0 Å². The minimum absolute atomic E-state index is 0.142. The topological polar surface area (TPSA) is 29.3 Å². The molecule has 0 radical (unpaired) electrons. The van der Waals surface area contributed by atoms with Crippen molar-refractivity contribution >= 4 is 0 Å². The molecule has 0 aliphatic carbocycles. The summed E-state index contributed by atoms with van der Waals surface area (Å²) >= 11 is 0. The zero-order valence-electron chi connectivity index (χ0n) is 9.45. The SMILES string of the molecule is C[C@H](N)c1cccc(CN2CCCC2)c1. The highest BCUT2D eigenvalue weighted by Crippen LogP contribution is 2.16. The number of hydrogen-bond acceptors (Lipinski definition) is 2. The molecule has 0 unspecified atom stereocenters. The van der Waals surface area contributed by atoms with Gasteiger partial charge in [0.05, 0.1) is 0 Å². The first-order valence-corrected chi connectivity index (χ1v) is 5.82. The summed E-state index contributed by atoms with van der Waals surface area (Å²) < 4.78 is 0. The Kier molecular flexibility index (Phi) is 3.39. The maximum atomic E-state index is 5.88. The van der Waals surface area contributed by atoms with Crippen LogP contribution in [0, 0.1) is 0 Å². The number of rotatable bonds is 3. The number of likely N-dealkylation sites (tertiary alicyclic amines) is 1. The molecule has 0 amide bonds. The molecule has 1 aromatic rings. The van der Waals surface area contributed by atoms with E-state index in [9.17, 15) is 0 Å². The van der Waals surface area contributed by atoms with Crippen molar-refractivity contribution in [1.29, 1.82) is 0 Å². The lowest BCUT2D eigenvalue weighted by atomic mass is 10.1. The minimum atomic E-state index is 0.142. The maximum Gasteiger partial charge on any atom is 0.0266 e. The summed E-state index contributed by atoms with van der Waals surface area (Å²) in [6, 6.07) is 8.80. The highest BCUT2D eigenvalue weighted by atomic mass is 15.1. The Morgan fingerprint density at radius 1 is 1.33 bits per heavy atom. The first kappa shape index (κ1) is 10.7. The van der Waals surface area contributed by atoms with Gasteiger partial charge in [-0.1, -0.05) is 24.3 Å². The third-order valence-corrected chi connectivity index (χ3v) is 3.08. The van der Waals surface area contributed by atoms with Gasteiger partial charge in [-0.15, -0.1) is 0 Å². The average molecular weight is 204 g/mol. The van der Waals surface area contributed by atoms with Crippen LogP contribution in [0.5, 0.6) is 0 Å². The van der Waals surface area contributed by atoms with Crippen LogP contribution in [0.3, 0.4) is 0 Å². The van der Waals surface area contributed by atoms with Crippen molar-refractivity contribution in [1.82, 2.24) is 4.90 Å². The molecule has 1 aromatic carbocycles. The fourth-order valence-corrected chi connectivity index (χ4v) is 2.17. The number of hydrogen-bond donors (Lipinski definition) is 1. The van der Waals surface area contributed by atoms with Crippen LogP contribution in [-0.2, 0) is 6.54 Å². The Bertz CT molecular complexity index is 314. The van der Waals surface area contributed by atoms with Crippen LogP contribution < -0.4 is 5.73 Å². The highest BCUT2D eigenvalue weighted by molar-refractivity contribution is 5.25. The molecule has 0 aromatic heterocycles. The second kappa shape index (κ2) is 4.77. The van der Waals surface area contributed by atoms with Gasteiger partial charge in [-0.25, -0.2) is 0 Å². The lowest BCUT2D eigenvalue weighted by molar-refractivity contribution is 0.331. The fourth-order valence-electron chi connectivity index (χ4n) is 2.17. The van der Waals surface area contributed by atoms with Crippen LogP contribution in [0.15, 0.2) is 24.3 Å². The molecule has 2 N–H and O–H groups in total. The third-order valence-electron chi connectivity index (χ3n) is 3.08. The smallest absolute Gasteiger partial charge is 0.0266 e. The van der Waals surface area contributed by atoms with Crippen molar-refractivity contribution in [3.63, 3.8) is 0 Å². The summed E-state index contributed by atoms with van der Waals surface area (Å²) in [7, 11) is 0. The van der Waals surface area contributed by atoms with Gasteiger partial charge >= 0.3 is 0 Å². The van der Waals surface area contributed by atoms with E-state index >= 15 is 0 Å². The van der Waals surface area contributed by atoms with Crippen molar-refractivity contribution in [3.8, 4) is 0 Å². The van der Waals surface area contributed by atoms with Crippen molar-refractivity contribution in [3.05, 3.63) is 35.4 Å². The summed E-state index contributed by atoms with van der Waals surface area (Å²) in [5.74, 6) is 0. The van der Waals surface area contributed by atoms with Gasteiger partial charge in [-0.3, -0.25) is 4.90 Å². The largest absolute Gasteiger partial charge is 0.324 e. The fraction of sp³-hybridized carbons (Fsp3) is 0.538. The van der Waals surface area contributed by atoms with E-state index in [0.29, 0.717) is 0 Å². The molecule has 1 saturated heterocycles. The molecule has 0 spiro atoms. The van der Waals surface area contributed by atoms with Gasteiger partial charge in [-0.05, 0) is 44.0 Å². The molecule has 1 heterocycles. The van der Waals surface area contributed by atoms with E-state index in [4.69, 9.17) is 5.73 Å². The summed E-state index contributed by atoms with van der Waals surface area (Å²) in [4.78, 5) is 2.51. The summed E-state index contributed by atoms with van der Waals surface area (Å²) in [6.45, 7) is 5.63. The Morgan fingerprint density at radius 3 is 2.73 bits per heavy atom. The zero-order valence-corrected chi connectivity index (χ0v) is 9.45. The van der Waals surface area contributed by atoms with Crippen LogP contribution >= 0.6 is 0 Å². The normalized spacial score (nSPS) is 19.3. The molecule has 82 valence electrons. The van der Waals surface area contributed by atoms with Crippen molar-refractivity contribution in [2.75, 3.05) is 13.1 Å². The van der Waals surface area contributed by atoms with E-state index in [1.54, 1.807) is 0 Å². The molecule has 0 bridgehead atoms. The molecular weight excluding hydrogens is 184 g/mol. The molecule has 2 nitrogen and oxygen atoms in total. The van der Waals surface area contributed by atoms with E-state index in [0.717, 1.165) is 6.54 Å². The molecule has 1 fully saturated rings. The molecule has 0 saturated carbocycles. The number of benzene rings is 1. The third kappa shape index (κ3) is 2.80. The van der Waals surface area contributed by atoms with Crippen LogP contribution in [-0.4, -0.2) is 18.0 Å². The molecule has 2 rings (SSSR count). The summed E-state index contributed by atoms with van der Waals surface area (Å²) in [6.07, 6.45) is 2.71. The molecular formula is C13H20N2. The van der Waals surface area contributed by atoms with Gasteiger partial charge < -0.3 is 5.73 Å². The lowest BCUT2D eigenvalue weighted by Gasteiger charge is -2.15. The molecule has 1 aliphatic rings. The second-order valence-corrected chi connectivity index (χ2v) is 4.52. The van der Waals surface area contributed by atoms with E-state index < -0.39 is 0 Å². The Hall–Kier alpha value is -0.860. The quantitative estimate of drug-likeness (QED) is 0.818. The lowest BCUT2D eigenvalue weighted by Crippen LogP contribution is -2.18. The molecule has 1 aliphatic heterocycles. The molecule has 1 atom stereocenters. The van der Waals surface area contributed by atoms with Crippen LogP contribution in [0.25, 0.3) is 0 Å². The van der Waals surface area contributed by atoms with E-state index in [1.165, 1.54) is 37.1 Å². The van der Waals surface area contributed by atoms with Crippen LogP contribution in [0.4, 0.5) is 0 Å². The Balaban J connectivity index is 2.04. The van der Waals surface area contributed by atoms with Crippen LogP contribution in [0.1, 0.15) is 36.9 Å². The van der Waals surface area contributed by atoms with Crippen LogP contribution in [0.2, 0.25) is 0 Å². The van der Waals surface area contributed by atoms with Gasteiger partial charge in [0, 0.05) is 12.6 Å². The van der Waals surface area contributed by atoms with Gasteiger partial charge in [0.25, 0.3) is 0 Å². The number of nitrogens with two attached hydrogens (primary N) is 1. The summed E-state index contributed by atoms with van der Waals surface area (Å²) in [5, 5.41) is 0. The zero-order chi connectivity index (χ0) is 10.7. The van der Waals surface area contributed by atoms with Crippen molar-refractivity contribution in [2.45, 2.75) is 32.4 Å². The first-order chi connectivity index (χ1) is 7.25. The first-order valence-electron chi connectivity index (χ1n) is 5.82. The average Bonchev–Trinajstić information content (AvgIpc) is 2.71. The standard InChI is InChI=1S/C13H20N2/c1-11(14)13-6-4-5-12(9-13)10-15-7-2-3-8-15/h4-6,9,11H,2-3,7-8,10,14H2,1H3/t11-/m0/s1. The van der Waals surface area contributed by atoms with Gasteiger partial charge in [0.2, 0.25) is 0 Å². The highest BCUT2D eigenvalue weighted by Gasteiger charge is 2.11.